The fourth-order valence-electron chi connectivity index (χ4n) is 14.3. The third-order valence-electron chi connectivity index (χ3n) is 17.8. The van der Waals surface area contributed by atoms with Gasteiger partial charge in [-0.15, -0.1) is 0 Å². The molecule has 8 N–H and O–H groups in total. The molecule has 3 aliphatic heterocycles. The first-order valence-electron chi connectivity index (χ1n) is 21.1. The van der Waals surface area contributed by atoms with Crippen molar-refractivity contribution in [2.24, 2.45) is 50.2 Å². The second-order valence-corrected chi connectivity index (χ2v) is 22.3. The van der Waals surface area contributed by atoms with Gasteiger partial charge in [-0.1, -0.05) is 60.6 Å². The summed E-state index contributed by atoms with van der Waals surface area (Å²) >= 11 is 0. The van der Waals surface area contributed by atoms with Gasteiger partial charge in [0.1, 0.15) is 36.6 Å². The van der Waals surface area contributed by atoms with Crippen LogP contribution in [0.2, 0.25) is 0 Å². The van der Waals surface area contributed by atoms with Crippen LogP contribution in [0.3, 0.4) is 0 Å². The molecule has 17 heteroatoms. The van der Waals surface area contributed by atoms with Crippen LogP contribution in [0.1, 0.15) is 93.4 Å². The maximum Gasteiger partial charge on any atom is 0.397 e. The zero-order chi connectivity index (χ0) is 42.4. The number of ether oxygens (including phenoxy) is 5. The molecule has 0 radical (unpaired) electrons. The highest BCUT2D eigenvalue weighted by Gasteiger charge is 2.79. The predicted octanol–water partition coefficient (Wildman–Crippen LogP) is 1.21. The summed E-state index contributed by atoms with van der Waals surface area (Å²) in [5, 5.41) is 76.2. The first-order valence-corrected chi connectivity index (χ1v) is 22.4. The van der Waals surface area contributed by atoms with Crippen LogP contribution in [-0.2, 0) is 38.3 Å². The van der Waals surface area contributed by atoms with Gasteiger partial charge in [-0.05, 0) is 78.4 Å². The first-order chi connectivity index (χ1) is 26.8. The Balaban J connectivity index is 1.06. The summed E-state index contributed by atoms with van der Waals surface area (Å²) in [5.41, 5.74) is -2.64. The quantitative estimate of drug-likeness (QED) is 0.102. The molecule has 1 spiro atoms. The molecule has 20 unspecified atom stereocenters. The molecule has 2 bridgehead atoms. The molecule has 0 amide bonds. The Morgan fingerprint density at radius 1 is 0.793 bits per heavy atom. The van der Waals surface area contributed by atoms with E-state index in [1.807, 2.05) is 0 Å². The van der Waals surface area contributed by atoms with Crippen molar-refractivity contribution in [2.75, 3.05) is 19.8 Å². The van der Waals surface area contributed by atoms with Gasteiger partial charge in [-0.25, -0.2) is 4.18 Å². The van der Waals surface area contributed by atoms with Gasteiger partial charge in [0.15, 0.2) is 18.7 Å². The molecular weight excluding hydrogens is 781 g/mol. The van der Waals surface area contributed by atoms with Crippen LogP contribution in [0.4, 0.5) is 0 Å². The number of aliphatic hydroxyl groups excluding tert-OH is 7. The summed E-state index contributed by atoms with van der Waals surface area (Å²) in [5.74, 6) is 0.363. The van der Waals surface area contributed by atoms with Crippen molar-refractivity contribution in [2.45, 2.75) is 173 Å². The van der Waals surface area contributed by atoms with Gasteiger partial charge in [0, 0.05) is 16.7 Å². The molecule has 0 aromatic heterocycles. The molecule has 8 rings (SSSR count). The lowest BCUT2D eigenvalue weighted by molar-refractivity contribution is -0.365. The molecule has 0 aromatic carbocycles. The maximum absolute atomic E-state index is 12.1. The van der Waals surface area contributed by atoms with E-state index in [0.717, 1.165) is 25.7 Å². The number of rotatable bonds is 7. The standard InChI is InChI=1S/C41H66O16S/c1-35(2)14-24-40(16-25(35)44)19-53-41(24)13-9-23-37(5)11-10-27(36(3,4)22(37)8-12-38(23,6)39(41,7)15-26(40)45)55-33-31(28(46)20(43)18-52-33)56-34-32(57-58(49,50)51)30(48)29(47)21(17-42)54-34/h9,13,20-34,42-48H,8,10-12,14-19H2,1-7H3,(H,49,50,51). The molecule has 8 aliphatic rings. The highest BCUT2D eigenvalue weighted by atomic mass is 32.3. The highest BCUT2D eigenvalue weighted by Crippen LogP contribution is 2.79. The van der Waals surface area contributed by atoms with Gasteiger partial charge >= 0.3 is 10.4 Å². The maximum atomic E-state index is 12.1. The van der Waals surface area contributed by atoms with Gasteiger partial charge in [0.25, 0.3) is 0 Å². The Hall–Kier alpha value is -0.870. The summed E-state index contributed by atoms with van der Waals surface area (Å²) in [6.45, 7) is 15.0. The van der Waals surface area contributed by atoms with E-state index in [0.29, 0.717) is 25.9 Å². The minimum absolute atomic E-state index is 0.0727. The Bertz CT molecular complexity index is 1730. The minimum atomic E-state index is -5.21. The second kappa shape index (κ2) is 14.1. The largest absolute Gasteiger partial charge is 0.397 e. The van der Waals surface area contributed by atoms with E-state index in [1.54, 1.807) is 0 Å². The highest BCUT2D eigenvalue weighted by molar-refractivity contribution is 7.80. The van der Waals surface area contributed by atoms with E-state index in [9.17, 15) is 48.7 Å². The number of aliphatic hydroxyl groups is 7. The molecule has 16 nitrogen and oxygen atoms in total. The number of hydrogen-bond donors (Lipinski definition) is 8. The van der Waals surface area contributed by atoms with Crippen LogP contribution in [0.5, 0.6) is 0 Å². The first kappa shape index (κ1) is 43.8. The van der Waals surface area contributed by atoms with Gasteiger partial charge in [0.05, 0.1) is 43.7 Å². The van der Waals surface area contributed by atoms with E-state index >= 15 is 0 Å². The second-order valence-electron chi connectivity index (χ2n) is 21.2. The van der Waals surface area contributed by atoms with E-state index < -0.39 is 107 Å². The molecular formula is C41H66O16S. The Morgan fingerprint density at radius 2 is 1.50 bits per heavy atom. The smallest absolute Gasteiger partial charge is 0.394 e. The molecule has 0 aromatic rings. The Labute approximate surface area is 341 Å². The lowest BCUT2D eigenvalue weighted by Gasteiger charge is -2.73. The Morgan fingerprint density at radius 3 is 2.17 bits per heavy atom. The monoisotopic (exact) mass is 846 g/mol. The average Bonchev–Trinajstić information content (AvgIpc) is 3.39. The summed E-state index contributed by atoms with van der Waals surface area (Å²) < 4.78 is 68.8. The van der Waals surface area contributed by atoms with Gasteiger partial charge in [0.2, 0.25) is 0 Å². The SMILES string of the molecule is CC1(C)CC2C3(COC24C=CC2C5(C)CCC(OC6OCC(O)C(O)C6OC6OC(CO)C(O)C(O)C6OS(=O)(=O)O)C(C)(C)C5CCC2(C)C4(C)CC3O)CC1O. The van der Waals surface area contributed by atoms with Gasteiger partial charge in [-0.2, -0.15) is 8.42 Å². The third kappa shape index (κ3) is 6.07. The predicted molar refractivity (Wildman–Crippen MR) is 203 cm³/mol. The van der Waals surface area contributed by atoms with Crippen LogP contribution >= 0.6 is 0 Å². The van der Waals surface area contributed by atoms with Gasteiger partial charge < -0.3 is 59.4 Å². The average molecular weight is 847 g/mol. The van der Waals surface area contributed by atoms with Crippen molar-refractivity contribution in [3.63, 3.8) is 0 Å². The normalized spacial score (nSPS) is 55.8. The fraction of sp³-hybridized carbons (Fsp3) is 0.951. The molecule has 20 atom stereocenters. The van der Waals surface area contributed by atoms with E-state index in [1.165, 1.54) is 0 Å². The van der Waals surface area contributed by atoms with E-state index in [-0.39, 0.29) is 46.0 Å². The van der Waals surface area contributed by atoms with Crippen molar-refractivity contribution < 1.29 is 76.6 Å². The van der Waals surface area contributed by atoms with Crippen molar-refractivity contribution in [3.8, 4) is 0 Å². The molecule has 332 valence electrons. The van der Waals surface area contributed by atoms with Crippen LogP contribution < -0.4 is 0 Å². The van der Waals surface area contributed by atoms with Crippen molar-refractivity contribution in [1.29, 1.82) is 0 Å². The summed E-state index contributed by atoms with van der Waals surface area (Å²) in [6, 6.07) is 0. The van der Waals surface area contributed by atoms with Crippen LogP contribution in [0.25, 0.3) is 0 Å². The number of hydrogen-bond acceptors (Lipinski definition) is 15. The number of fused-ring (bicyclic) bond motifs is 4. The van der Waals surface area contributed by atoms with Crippen molar-refractivity contribution >= 4 is 10.4 Å². The minimum Gasteiger partial charge on any atom is -0.394 e. The lowest BCUT2D eigenvalue weighted by atomic mass is 9.32. The topological polar surface area (TPSA) is 251 Å². The van der Waals surface area contributed by atoms with E-state index in [2.05, 4.69) is 64.8 Å². The van der Waals surface area contributed by atoms with Crippen LogP contribution in [0.15, 0.2) is 12.2 Å². The van der Waals surface area contributed by atoms with Crippen LogP contribution in [0, 0.1) is 50.2 Å². The lowest BCUT2D eigenvalue weighted by Crippen LogP contribution is -2.73. The summed E-state index contributed by atoms with van der Waals surface area (Å²) in [7, 11) is -5.21. The van der Waals surface area contributed by atoms with E-state index in [4.69, 9.17) is 23.7 Å². The molecule has 58 heavy (non-hydrogen) atoms. The fourth-order valence-corrected chi connectivity index (χ4v) is 14.8. The zero-order valence-corrected chi connectivity index (χ0v) is 35.5. The molecule has 4 saturated carbocycles. The summed E-state index contributed by atoms with van der Waals surface area (Å²) in [4.78, 5) is 0. The van der Waals surface area contributed by atoms with Crippen molar-refractivity contribution in [3.05, 3.63) is 12.2 Å². The Kier molecular flexibility index (Phi) is 10.6. The molecule has 3 saturated heterocycles. The van der Waals surface area contributed by atoms with Crippen LogP contribution in [-0.4, -0.2) is 148 Å². The molecule has 3 heterocycles. The molecule has 5 aliphatic carbocycles. The zero-order valence-electron chi connectivity index (χ0n) is 34.6. The molecule has 7 fully saturated rings. The van der Waals surface area contributed by atoms with Gasteiger partial charge in [-0.3, -0.25) is 4.55 Å². The number of allylic oxidation sites excluding steroid dienone is 1. The third-order valence-corrected chi connectivity index (χ3v) is 18.3. The van der Waals surface area contributed by atoms with Crippen molar-refractivity contribution in [1.82, 2.24) is 0 Å². The summed E-state index contributed by atoms with van der Waals surface area (Å²) in [6.07, 6.45) is -6.91.